The highest BCUT2D eigenvalue weighted by atomic mass is 28.3. The van der Waals surface area contributed by atoms with Crippen molar-refractivity contribution in [3.05, 3.63) is 133 Å². The zero-order valence-corrected chi connectivity index (χ0v) is 42.9. The average Bonchev–Trinajstić information content (AvgIpc) is 4.10. The van der Waals surface area contributed by atoms with E-state index in [1.165, 1.54) is 0 Å². The van der Waals surface area contributed by atoms with Crippen molar-refractivity contribution < 1.29 is 23.8 Å². The van der Waals surface area contributed by atoms with Crippen molar-refractivity contribution in [3.8, 4) is 34.5 Å². The van der Waals surface area contributed by atoms with Crippen LogP contribution >= 0.6 is 0 Å². The van der Waals surface area contributed by atoms with Gasteiger partial charge in [0.15, 0.2) is 0 Å². The molecular formula is C57H71N11O5Si. The van der Waals surface area contributed by atoms with Gasteiger partial charge in [0.2, 0.25) is 23.6 Å². The molecule has 5 aromatic heterocycles. The molecule has 2 fully saturated rings. The fraction of sp³-hybridized carbons (Fsp3) is 0.368. The number of amides is 2. The molecule has 2 amide bonds. The Bertz CT molecular complexity index is 3050. The molecule has 2 aromatic carbocycles. The molecule has 3 aliphatic rings. The number of benzene rings is 2. The Kier molecular flexibility index (Phi) is 18.6. The summed E-state index contributed by atoms with van der Waals surface area (Å²) in [5.74, 6) is 2.84. The number of carbonyl (C=O) groups excluding carboxylic acids is 2. The molecule has 0 bridgehead atoms. The second-order valence-electron chi connectivity index (χ2n) is 19.7. The van der Waals surface area contributed by atoms with Crippen LogP contribution in [0.1, 0.15) is 45.7 Å². The minimum atomic E-state index is -1.12. The van der Waals surface area contributed by atoms with E-state index in [9.17, 15) is 9.59 Å². The Balaban J connectivity index is 0.000000215. The number of piperazine rings is 2. The molecule has 0 aliphatic carbocycles. The van der Waals surface area contributed by atoms with Crippen LogP contribution < -0.4 is 9.47 Å². The number of nitrogens with zero attached hydrogens (tertiary/aromatic N) is 11. The van der Waals surface area contributed by atoms with E-state index in [1.807, 2.05) is 112 Å². The molecule has 7 aromatic rings. The summed E-state index contributed by atoms with van der Waals surface area (Å²) >= 11 is 0. The molecule has 2 saturated heterocycles. The molecule has 0 radical (unpaired) electrons. The third kappa shape index (κ3) is 14.7. The van der Waals surface area contributed by atoms with Gasteiger partial charge < -0.3 is 24.0 Å². The summed E-state index contributed by atoms with van der Waals surface area (Å²) in [5.41, 5.74) is 6.16. The molecular weight excluding hydrogens is 947 g/mol. The van der Waals surface area contributed by atoms with E-state index in [-0.39, 0.29) is 26.7 Å². The number of fused-ring (bicyclic) bond motifs is 2. The van der Waals surface area contributed by atoms with Gasteiger partial charge in [-0.2, -0.15) is 5.10 Å². The van der Waals surface area contributed by atoms with Crippen LogP contribution in [0.3, 0.4) is 0 Å². The lowest BCUT2D eigenvalue weighted by Gasteiger charge is -2.33. The number of hydrogen-bond acceptors (Lipinski definition) is 13. The minimum Gasteiger partial charge on any atom is -0.439 e. The van der Waals surface area contributed by atoms with Gasteiger partial charge in [-0.15, -0.1) is 0 Å². The number of hydrogen-bond donors (Lipinski definition) is 0. The normalized spacial score (nSPS) is 15.0. The predicted molar refractivity (Wildman–Crippen MR) is 297 cm³/mol. The summed E-state index contributed by atoms with van der Waals surface area (Å²) in [4.78, 5) is 54.1. The zero-order valence-electron chi connectivity index (χ0n) is 41.9. The van der Waals surface area contributed by atoms with Gasteiger partial charge in [-0.25, -0.2) is 14.6 Å². The smallest absolute Gasteiger partial charge is 0.219 e. The van der Waals surface area contributed by atoms with Crippen LogP contribution in [0.15, 0.2) is 121 Å². The summed E-state index contributed by atoms with van der Waals surface area (Å²) in [5, 5.41) is 8.70. The van der Waals surface area contributed by atoms with E-state index >= 15 is 0 Å². The van der Waals surface area contributed by atoms with Gasteiger partial charge in [0.25, 0.3) is 0 Å². The number of aliphatic imine (C=N–C) groups is 1. The van der Waals surface area contributed by atoms with Gasteiger partial charge in [-0.05, 0) is 101 Å². The summed E-state index contributed by atoms with van der Waals surface area (Å²) in [6.07, 6.45) is 13.1. The van der Waals surface area contributed by atoms with Crippen molar-refractivity contribution in [2.45, 2.75) is 74.2 Å². The average molecular weight is 1020 g/mol. The van der Waals surface area contributed by atoms with Crippen LogP contribution in [0, 0.1) is 0 Å². The quantitative estimate of drug-likeness (QED) is 0.0709. The first-order chi connectivity index (χ1) is 34.9. The van der Waals surface area contributed by atoms with Gasteiger partial charge in [0, 0.05) is 160 Å². The molecule has 8 heterocycles. The van der Waals surface area contributed by atoms with Gasteiger partial charge in [0.1, 0.15) is 18.2 Å². The Morgan fingerprint density at radius 1 is 0.595 bits per heavy atom. The fourth-order valence-electron chi connectivity index (χ4n) is 8.74. The van der Waals surface area contributed by atoms with Crippen molar-refractivity contribution >= 4 is 53.2 Å². The Hall–Kier alpha value is -7.18. The molecule has 0 spiro atoms. The molecule has 16 nitrogen and oxygen atoms in total. The highest BCUT2D eigenvalue weighted by Crippen LogP contribution is 2.29. The summed E-state index contributed by atoms with van der Waals surface area (Å²) in [7, 11) is -1.12. The molecule has 10 rings (SSSR count). The maximum Gasteiger partial charge on any atom is 0.219 e. The zero-order chi connectivity index (χ0) is 50.0. The number of allylic oxidation sites excluding steroid dienone is 1. The third-order valence-electron chi connectivity index (χ3n) is 13.1. The lowest BCUT2D eigenvalue weighted by atomic mass is 10.1. The second kappa shape index (κ2) is 25.2. The van der Waals surface area contributed by atoms with Crippen LogP contribution in [-0.4, -0.2) is 141 Å². The van der Waals surface area contributed by atoms with E-state index in [4.69, 9.17) is 14.2 Å². The van der Waals surface area contributed by atoms with E-state index in [0.717, 1.165) is 145 Å². The Labute approximate surface area is 436 Å². The van der Waals surface area contributed by atoms with E-state index in [0.29, 0.717) is 25.0 Å². The predicted octanol–water partition coefficient (Wildman–Crippen LogP) is 10.1. The van der Waals surface area contributed by atoms with Gasteiger partial charge in [-0.1, -0.05) is 34.5 Å². The first kappa shape index (κ1) is 54.6. The molecule has 0 atom stereocenters. The summed E-state index contributed by atoms with van der Waals surface area (Å²) in [6, 6.07) is 27.1. The van der Waals surface area contributed by atoms with Gasteiger partial charge in [0.05, 0.1) is 23.6 Å². The maximum absolute atomic E-state index is 11.6. The van der Waals surface area contributed by atoms with Crippen molar-refractivity contribution in [2.24, 2.45) is 4.99 Å². The topological polar surface area (TPSA) is 157 Å². The van der Waals surface area contributed by atoms with Gasteiger partial charge in [-0.3, -0.25) is 34.3 Å². The number of pyridine rings is 4. The highest BCUT2D eigenvalue weighted by Gasteiger charge is 2.21. The van der Waals surface area contributed by atoms with Crippen molar-refractivity contribution in [1.29, 1.82) is 0 Å². The minimum absolute atomic E-state index is 0. The first-order valence-corrected chi connectivity index (χ1v) is 28.4. The van der Waals surface area contributed by atoms with E-state index in [1.54, 1.807) is 26.2 Å². The molecule has 3 aliphatic heterocycles. The lowest BCUT2D eigenvalue weighted by molar-refractivity contribution is -0.131. The van der Waals surface area contributed by atoms with Crippen LogP contribution in [0.25, 0.3) is 38.4 Å². The molecule has 388 valence electrons. The summed E-state index contributed by atoms with van der Waals surface area (Å²) < 4.78 is 19.8. The van der Waals surface area contributed by atoms with Gasteiger partial charge >= 0.3 is 0 Å². The van der Waals surface area contributed by atoms with Crippen LogP contribution in [0.5, 0.6) is 23.3 Å². The molecule has 0 saturated carbocycles. The Morgan fingerprint density at radius 3 is 1.58 bits per heavy atom. The van der Waals surface area contributed by atoms with E-state index < -0.39 is 8.07 Å². The first-order valence-electron chi connectivity index (χ1n) is 24.7. The van der Waals surface area contributed by atoms with Crippen molar-refractivity contribution in [1.82, 2.24) is 49.3 Å². The standard InChI is InChI=1S/C30H38N6O3Si.C25H25N5O2.2CH4/c1-23(37)35-13-11-34(12-14-35)21-27-17-26-18-28(7-5-24(26)19-31-27)39-30-8-6-25(20-32-30)29-9-10-33-36(29)22-38-15-16-40(2,3)4;1-18(31)30-10-8-29(9-11-30)17-23-12-22-13-24(4-2-20(22)15-27-23)32-25-5-3-19(16-28-25)21-6-7-26-14-21;;/h5-10,17-20H,11-16,21-22H2,1-4H3;2-7,12-13,15-16H,8-11,14,17H2,1H3;2*1H4. The lowest BCUT2D eigenvalue weighted by Crippen LogP contribution is -2.47. The largest absolute Gasteiger partial charge is 0.439 e. The molecule has 0 unspecified atom stereocenters. The number of rotatable bonds is 15. The highest BCUT2D eigenvalue weighted by molar-refractivity contribution is 6.76. The fourth-order valence-corrected chi connectivity index (χ4v) is 9.49. The molecule has 0 N–H and O–H groups in total. The number of ether oxygens (including phenoxy) is 3. The molecule has 17 heteroatoms. The van der Waals surface area contributed by atoms with Crippen LogP contribution in [0.4, 0.5) is 0 Å². The third-order valence-corrected chi connectivity index (χ3v) is 14.8. The number of aromatic nitrogens is 6. The molecule has 74 heavy (non-hydrogen) atoms. The van der Waals surface area contributed by atoms with Crippen LogP contribution in [0.2, 0.25) is 25.7 Å². The second-order valence-corrected chi connectivity index (χ2v) is 25.3. The van der Waals surface area contributed by atoms with Crippen LogP contribution in [-0.2, 0) is 34.1 Å². The SMILES string of the molecule is C.C.CC(=O)N1CCN(Cc2cc3cc(Oc4ccc(-c5ccnn5COCC[Si](C)(C)C)cn4)ccc3cn2)CC1.CC(=O)N1CCN(Cc2cc3cc(Oc4ccc(C5=CC=NC5)cn4)ccc3cn2)CC1. The van der Waals surface area contributed by atoms with Crippen molar-refractivity contribution in [3.63, 3.8) is 0 Å². The Morgan fingerprint density at radius 2 is 1.12 bits per heavy atom. The van der Waals surface area contributed by atoms with Crippen molar-refractivity contribution in [2.75, 3.05) is 65.5 Å². The maximum atomic E-state index is 11.6. The summed E-state index contributed by atoms with van der Waals surface area (Å²) in [6.45, 7) is 20.2. The monoisotopic (exact) mass is 1020 g/mol. The number of carbonyl (C=O) groups is 2. The van der Waals surface area contributed by atoms with E-state index in [2.05, 4.69) is 71.6 Å².